The van der Waals surface area contributed by atoms with Crippen LogP contribution < -0.4 is 0 Å². The maximum atomic E-state index is 5.01. The van der Waals surface area contributed by atoms with Gasteiger partial charge in [-0.2, -0.15) is 15.3 Å². The molecule has 12 heterocycles. The summed E-state index contributed by atoms with van der Waals surface area (Å²) in [4.78, 5) is 50.9. The Kier molecular flexibility index (Phi) is 25.5. The van der Waals surface area contributed by atoms with Gasteiger partial charge in [0.1, 0.15) is 11.8 Å². The number of imidazole rings is 1. The summed E-state index contributed by atoms with van der Waals surface area (Å²) in [6.45, 7) is 0.760. The molecule has 18 nitrogen and oxygen atoms in total. The molecule has 10 aromatic carbocycles. The van der Waals surface area contributed by atoms with Gasteiger partial charge in [-0.3, -0.25) is 35.0 Å². The van der Waals surface area contributed by atoms with E-state index in [2.05, 4.69) is 140 Å². The molecule has 0 fully saturated rings. The number of hydrogen-bond donors (Lipinski definition) is 3. The van der Waals surface area contributed by atoms with Crippen molar-refractivity contribution in [2.45, 2.75) is 6.54 Å². The summed E-state index contributed by atoms with van der Waals surface area (Å²) in [5.41, 5.74) is 17.3. The quantitative estimate of drug-likeness (QED) is 0.128. The van der Waals surface area contributed by atoms with E-state index in [9.17, 15) is 0 Å². The molecule has 0 aliphatic carbocycles. The minimum absolute atomic E-state index is 0.760. The van der Waals surface area contributed by atoms with Crippen LogP contribution in [0.3, 0.4) is 0 Å². The van der Waals surface area contributed by atoms with Gasteiger partial charge in [-0.15, -0.1) is 11.3 Å². The Hall–Kier alpha value is -14.3. The third-order valence-corrected chi connectivity index (χ3v) is 16.1. The van der Waals surface area contributed by atoms with Crippen LogP contribution in [0.1, 0.15) is 5.56 Å². The van der Waals surface area contributed by atoms with Crippen LogP contribution in [0.2, 0.25) is 0 Å². The molecule has 1 aliphatic rings. The number of rotatable bonds is 0. The lowest BCUT2D eigenvalue weighted by atomic mass is 10.2. The van der Waals surface area contributed by atoms with Crippen LogP contribution in [0, 0.1) is 0 Å². The first-order valence-electron chi connectivity index (χ1n) is 33.0. The first-order chi connectivity index (χ1) is 51.6. The van der Waals surface area contributed by atoms with Crippen LogP contribution >= 0.6 is 11.3 Å². The number of para-hydroxylation sites is 11. The van der Waals surface area contributed by atoms with Crippen LogP contribution in [0.4, 0.5) is 5.69 Å². The SMILES string of the molecule is c1ccc2[nH]ccc2c1.c1ccc2[nH]cnc2c1.c1ccc2[nH]ncc2c1.c1ccc2c(c1)CN=N2.c1ccc2cnccc2c1.c1ccc2ncccc2c1.c1ccc2nccnc2c1.c1ccc2ncncc2c1.c1ccc2ocnc2c1.c1ccc2scnc2c1.c1cnc2cccnc2c1. The first-order valence-corrected chi connectivity index (χ1v) is 33.9. The third kappa shape index (κ3) is 20.9. The van der Waals surface area contributed by atoms with Crippen LogP contribution in [0.5, 0.6) is 0 Å². The van der Waals surface area contributed by atoms with Gasteiger partial charge in [0.2, 0.25) is 0 Å². The van der Waals surface area contributed by atoms with Gasteiger partial charge in [-0.05, 0) is 137 Å². The highest BCUT2D eigenvalue weighted by atomic mass is 32.1. The molecule has 0 saturated heterocycles. The summed E-state index contributed by atoms with van der Waals surface area (Å²) in [6.07, 6.45) is 22.7. The average Bonchev–Trinajstić information content (AvgIpc) is 1.66. The number of aromatic amines is 3. The second kappa shape index (κ2) is 38.2. The van der Waals surface area contributed by atoms with Gasteiger partial charge < -0.3 is 14.4 Å². The summed E-state index contributed by atoms with van der Waals surface area (Å²) >= 11 is 1.68. The Labute approximate surface area is 601 Å². The molecule has 0 amide bonds. The molecule has 3 N–H and O–H groups in total. The van der Waals surface area contributed by atoms with Gasteiger partial charge in [-0.25, -0.2) is 24.9 Å². The van der Waals surface area contributed by atoms with Crippen molar-refractivity contribution in [3.8, 4) is 0 Å². The van der Waals surface area contributed by atoms with Crippen molar-refractivity contribution < 1.29 is 4.42 Å². The molecule has 0 radical (unpaired) electrons. The number of thiazole rings is 1. The van der Waals surface area contributed by atoms with E-state index in [0.717, 1.165) is 89.3 Å². The van der Waals surface area contributed by atoms with Crippen LogP contribution in [0.15, 0.2) is 392 Å². The monoisotopic (exact) mass is 1370 g/mol. The summed E-state index contributed by atoms with van der Waals surface area (Å²) in [5.74, 6) is 0. The molecule has 0 spiro atoms. The number of nitrogens with zero attached hydrogens (tertiary/aromatic N) is 14. The predicted molar refractivity (Wildman–Crippen MR) is 421 cm³/mol. The Morgan fingerprint density at radius 3 is 1.52 bits per heavy atom. The Morgan fingerprint density at radius 1 is 0.317 bits per heavy atom. The van der Waals surface area contributed by atoms with E-state index < -0.39 is 0 Å². The lowest BCUT2D eigenvalue weighted by Crippen LogP contribution is -1.78. The lowest BCUT2D eigenvalue weighted by Gasteiger charge is -1.91. The van der Waals surface area contributed by atoms with Crippen molar-refractivity contribution in [1.29, 1.82) is 0 Å². The molecule has 19 heteroatoms. The summed E-state index contributed by atoms with van der Waals surface area (Å²) in [5, 5.41) is 21.7. The van der Waals surface area contributed by atoms with Crippen molar-refractivity contribution in [2.24, 2.45) is 10.2 Å². The van der Waals surface area contributed by atoms with E-state index in [1.54, 1.807) is 48.8 Å². The number of aromatic nitrogens is 15. The second-order valence-electron chi connectivity index (χ2n) is 22.2. The van der Waals surface area contributed by atoms with Crippen molar-refractivity contribution in [1.82, 2.24) is 75.0 Å². The van der Waals surface area contributed by atoms with Crippen LogP contribution in [0.25, 0.3) is 109 Å². The topological polar surface area (TPSA) is 240 Å². The molecule has 104 heavy (non-hydrogen) atoms. The second-order valence-corrected chi connectivity index (χ2v) is 23.1. The van der Waals surface area contributed by atoms with Gasteiger partial charge >= 0.3 is 0 Å². The Morgan fingerprint density at radius 2 is 0.846 bits per heavy atom. The fourth-order valence-electron chi connectivity index (χ4n) is 10.1. The highest BCUT2D eigenvalue weighted by molar-refractivity contribution is 7.16. The summed E-state index contributed by atoms with van der Waals surface area (Å²) in [6, 6.07) is 95.7. The summed E-state index contributed by atoms with van der Waals surface area (Å²) in [7, 11) is 0. The minimum Gasteiger partial charge on any atom is -0.443 e. The molecule has 22 rings (SSSR count). The number of oxazole rings is 1. The smallest absolute Gasteiger partial charge is 0.181 e. The van der Waals surface area contributed by atoms with Gasteiger partial charge in [0, 0.05) is 83.0 Å². The van der Waals surface area contributed by atoms with Gasteiger partial charge in [-0.1, -0.05) is 170 Å². The number of pyridine rings is 4. The van der Waals surface area contributed by atoms with E-state index in [1.807, 2.05) is 279 Å². The van der Waals surface area contributed by atoms with Crippen molar-refractivity contribution in [2.75, 3.05) is 0 Å². The zero-order chi connectivity index (χ0) is 70.7. The standard InChI is InChI=1S/2C9H7N.3C8H6N2.C8H7N.3C7H6N2.C7H5NO.C7H5NS/c1-2-6-9-8(4-1)5-3-7-10-9;1-2-4-9-7-10-6-5-8(9)3-1;1-3-7-8(9-5-1)4-2-6-10-7;1-2-4-8-7(3-1)5-9-6-10-8;1-2-4-8-7(3-1)9-5-6-10-8;1-2-4-8-7(3-1)5-6-9-8;1-2-4-7-6(3-1)8-5-9-7;2*1-2-4-7-6(3-1)5-8-9-7;2*1-2-4-7-6(3-1)8-5-9-7/h2*1-7H;3*1-6H;1-6,9H;1-5H,(H,8,9);1-4H,5H2;1-5H,(H,8,9);2*1-5H. The number of hydrogen-bond acceptors (Lipinski definition) is 16. The van der Waals surface area contributed by atoms with Gasteiger partial charge in [0.25, 0.3) is 0 Å². The van der Waals surface area contributed by atoms with Crippen LogP contribution in [-0.2, 0) is 6.54 Å². The van der Waals surface area contributed by atoms with Crippen molar-refractivity contribution in [3.05, 3.63) is 383 Å². The number of azo groups is 1. The third-order valence-electron chi connectivity index (χ3n) is 15.2. The van der Waals surface area contributed by atoms with E-state index in [-0.39, 0.29) is 0 Å². The van der Waals surface area contributed by atoms with Crippen LogP contribution in [-0.4, -0.2) is 75.0 Å². The molecular formula is C85H67N17OS. The predicted octanol–water partition coefficient (Wildman–Crippen LogP) is 21.1. The molecule has 11 aromatic heterocycles. The normalized spacial score (nSPS) is 10.4. The van der Waals surface area contributed by atoms with E-state index in [4.69, 9.17) is 4.42 Å². The fourth-order valence-corrected chi connectivity index (χ4v) is 10.8. The molecule has 504 valence electrons. The number of nitrogens with one attached hydrogen (secondary N) is 3. The Balaban J connectivity index is 0.000000108. The fraction of sp³-hybridized carbons (Fsp3) is 0.0118. The average molecular weight is 1370 g/mol. The lowest BCUT2D eigenvalue weighted by molar-refractivity contribution is 0.602. The Bertz CT molecular complexity index is 4820. The zero-order valence-corrected chi connectivity index (χ0v) is 56.9. The highest BCUT2D eigenvalue weighted by Gasteiger charge is 2.04. The molecule has 0 unspecified atom stereocenters. The zero-order valence-electron chi connectivity index (χ0n) is 56.1. The number of fused-ring (bicyclic) bond motifs is 11. The minimum atomic E-state index is 0.760. The first kappa shape index (κ1) is 69.6. The molecule has 0 atom stereocenters. The van der Waals surface area contributed by atoms with Crippen molar-refractivity contribution >= 4 is 126 Å². The maximum Gasteiger partial charge on any atom is 0.181 e. The largest absolute Gasteiger partial charge is 0.443 e. The highest BCUT2D eigenvalue weighted by Crippen LogP contribution is 2.25. The van der Waals surface area contributed by atoms with Gasteiger partial charge in [0.15, 0.2) is 12.0 Å². The maximum absolute atomic E-state index is 5.01. The van der Waals surface area contributed by atoms with E-state index in [1.165, 1.54) is 43.7 Å². The molecule has 1 aliphatic heterocycles. The van der Waals surface area contributed by atoms with E-state index in [0.29, 0.717) is 0 Å². The van der Waals surface area contributed by atoms with Gasteiger partial charge in [0.05, 0.1) is 90.1 Å². The number of H-pyrrole nitrogens is 3. The molecule has 21 aromatic rings. The number of benzene rings is 10. The molecule has 0 bridgehead atoms. The van der Waals surface area contributed by atoms with Crippen molar-refractivity contribution in [3.63, 3.8) is 0 Å². The molecule has 0 saturated carbocycles. The summed E-state index contributed by atoms with van der Waals surface area (Å²) < 4.78 is 6.27. The van der Waals surface area contributed by atoms with E-state index >= 15 is 0 Å². The molecular weight excluding hydrogens is 1310 g/mol.